The van der Waals surface area contributed by atoms with Gasteiger partial charge < -0.3 is 10.2 Å². The molecule has 2 nitrogen and oxygen atoms in total. The van der Waals surface area contributed by atoms with Crippen LogP contribution >= 0.6 is 0 Å². The lowest BCUT2D eigenvalue weighted by molar-refractivity contribution is 0.474. The standard InChI is InChI=1S/C13H12O.C6H6O.2C3H8.2C2H6/c14-13-8-6-12(7-9-13)10-11-4-2-1-3-5-11;7-6-4-2-1-3-5-6;2*1-3-2;2*1-2/h1-9,14H,10H2;1-5,7H;2*3H2,1-2H3;2*1-2H3. The Kier molecular flexibility index (Phi) is 28.9. The van der Waals surface area contributed by atoms with Crippen LogP contribution in [0.15, 0.2) is 84.9 Å². The third-order valence-electron chi connectivity index (χ3n) is 2.94. The molecule has 0 aliphatic heterocycles. The molecule has 0 fully saturated rings. The fraction of sp³-hybridized carbons (Fsp3) is 0.379. The van der Waals surface area contributed by atoms with Gasteiger partial charge in [0.15, 0.2) is 0 Å². The Morgan fingerprint density at radius 3 is 1.06 bits per heavy atom. The minimum absolute atomic E-state index is 0.321. The Labute approximate surface area is 192 Å². The average molecular weight is 427 g/mol. The summed E-state index contributed by atoms with van der Waals surface area (Å²) in [6.45, 7) is 16.5. The van der Waals surface area contributed by atoms with E-state index in [9.17, 15) is 0 Å². The Balaban J connectivity index is -0.000000388. The van der Waals surface area contributed by atoms with Crippen LogP contribution < -0.4 is 0 Å². The van der Waals surface area contributed by atoms with Gasteiger partial charge in [-0.15, -0.1) is 0 Å². The maximum atomic E-state index is 9.12. The Bertz CT molecular complexity index is 660. The van der Waals surface area contributed by atoms with E-state index >= 15 is 0 Å². The lowest BCUT2D eigenvalue weighted by Gasteiger charge is -2.01. The van der Waals surface area contributed by atoms with Crippen molar-refractivity contribution in [1.82, 2.24) is 0 Å². The van der Waals surface area contributed by atoms with Gasteiger partial charge in [-0.1, -0.05) is 129 Å². The number of para-hydroxylation sites is 1. The van der Waals surface area contributed by atoms with Crippen LogP contribution in [0.1, 0.15) is 79.4 Å². The van der Waals surface area contributed by atoms with Crippen molar-refractivity contribution < 1.29 is 10.2 Å². The molecule has 0 saturated heterocycles. The lowest BCUT2D eigenvalue weighted by atomic mass is 10.1. The first kappa shape index (κ1) is 32.9. The van der Waals surface area contributed by atoms with E-state index in [1.807, 2.05) is 64.1 Å². The molecule has 0 saturated carbocycles. The monoisotopic (exact) mass is 426 g/mol. The van der Waals surface area contributed by atoms with E-state index in [-0.39, 0.29) is 0 Å². The zero-order chi connectivity index (χ0) is 24.3. The number of phenols is 2. The van der Waals surface area contributed by atoms with Crippen LogP contribution in [0.3, 0.4) is 0 Å². The molecule has 3 aromatic rings. The highest BCUT2D eigenvalue weighted by atomic mass is 16.3. The molecule has 0 bridgehead atoms. The Morgan fingerprint density at radius 2 is 0.742 bits per heavy atom. The zero-order valence-electron chi connectivity index (χ0n) is 21.1. The molecule has 2 N–H and O–H groups in total. The Morgan fingerprint density at radius 1 is 0.452 bits per heavy atom. The number of hydrogen-bond acceptors (Lipinski definition) is 2. The first-order valence-electron chi connectivity index (χ1n) is 11.6. The van der Waals surface area contributed by atoms with E-state index in [2.05, 4.69) is 39.8 Å². The highest BCUT2D eigenvalue weighted by Crippen LogP contribution is 2.13. The van der Waals surface area contributed by atoms with Gasteiger partial charge in [0.2, 0.25) is 0 Å². The molecule has 0 aliphatic carbocycles. The first-order valence-corrected chi connectivity index (χ1v) is 11.6. The van der Waals surface area contributed by atoms with Gasteiger partial charge in [0, 0.05) is 0 Å². The van der Waals surface area contributed by atoms with Gasteiger partial charge in [0.05, 0.1) is 0 Å². The maximum absolute atomic E-state index is 9.12. The van der Waals surface area contributed by atoms with Gasteiger partial charge in [-0.05, 0) is 41.8 Å². The summed E-state index contributed by atoms with van der Waals surface area (Å²) in [4.78, 5) is 0. The van der Waals surface area contributed by atoms with E-state index in [0.29, 0.717) is 11.5 Å². The van der Waals surface area contributed by atoms with Crippen LogP contribution in [0.4, 0.5) is 0 Å². The summed E-state index contributed by atoms with van der Waals surface area (Å²) in [5.41, 5.74) is 2.51. The molecule has 3 rings (SSSR count). The molecule has 0 spiro atoms. The highest BCUT2D eigenvalue weighted by molar-refractivity contribution is 5.30. The maximum Gasteiger partial charge on any atom is 0.115 e. The van der Waals surface area contributed by atoms with Gasteiger partial charge in [-0.3, -0.25) is 0 Å². The molecule has 0 aromatic heterocycles. The number of rotatable bonds is 2. The largest absolute Gasteiger partial charge is 0.508 e. The SMILES string of the molecule is CC.CC.CCC.CCC.Oc1ccc(Cc2ccccc2)cc1.Oc1ccccc1. The molecule has 0 atom stereocenters. The fourth-order valence-electron chi connectivity index (χ4n) is 1.87. The van der Waals surface area contributed by atoms with Crippen LogP contribution in [0.2, 0.25) is 0 Å². The topological polar surface area (TPSA) is 40.5 Å². The van der Waals surface area contributed by atoms with Crippen molar-refractivity contribution in [1.29, 1.82) is 0 Å². The third kappa shape index (κ3) is 23.4. The molecular formula is C29H46O2. The van der Waals surface area contributed by atoms with Gasteiger partial charge in [-0.2, -0.15) is 0 Å². The van der Waals surface area contributed by atoms with Gasteiger partial charge in [0.1, 0.15) is 11.5 Å². The van der Waals surface area contributed by atoms with E-state index in [4.69, 9.17) is 10.2 Å². The molecule has 0 heterocycles. The summed E-state index contributed by atoms with van der Waals surface area (Å²) in [5.74, 6) is 0.643. The summed E-state index contributed by atoms with van der Waals surface area (Å²) >= 11 is 0. The molecule has 0 aliphatic rings. The molecule has 0 amide bonds. The van der Waals surface area contributed by atoms with Crippen LogP contribution in [0.5, 0.6) is 11.5 Å². The second-order valence-electron chi connectivity index (χ2n) is 6.08. The number of phenolic OH excluding ortho intramolecular Hbond substituents is 2. The van der Waals surface area contributed by atoms with E-state index in [1.54, 1.807) is 36.4 Å². The second-order valence-corrected chi connectivity index (χ2v) is 6.08. The van der Waals surface area contributed by atoms with Crippen molar-refractivity contribution in [3.8, 4) is 11.5 Å². The molecule has 3 aromatic carbocycles. The molecule has 31 heavy (non-hydrogen) atoms. The van der Waals surface area contributed by atoms with Crippen LogP contribution in [0.25, 0.3) is 0 Å². The third-order valence-corrected chi connectivity index (χ3v) is 2.94. The molecular weight excluding hydrogens is 380 g/mol. The number of benzene rings is 3. The van der Waals surface area contributed by atoms with Crippen molar-refractivity contribution in [2.75, 3.05) is 0 Å². The van der Waals surface area contributed by atoms with Crippen molar-refractivity contribution in [2.24, 2.45) is 0 Å². The van der Waals surface area contributed by atoms with Gasteiger partial charge >= 0.3 is 0 Å². The van der Waals surface area contributed by atoms with Crippen LogP contribution in [-0.2, 0) is 6.42 Å². The molecule has 174 valence electrons. The summed E-state index contributed by atoms with van der Waals surface area (Å²) in [7, 11) is 0. The lowest BCUT2D eigenvalue weighted by Crippen LogP contribution is -1.86. The summed E-state index contributed by atoms with van der Waals surface area (Å²) < 4.78 is 0. The van der Waals surface area contributed by atoms with Crippen molar-refractivity contribution >= 4 is 0 Å². The minimum atomic E-state index is 0.321. The van der Waals surface area contributed by atoms with E-state index in [0.717, 1.165) is 6.42 Å². The molecule has 0 unspecified atom stereocenters. The first-order chi connectivity index (χ1) is 15.1. The summed E-state index contributed by atoms with van der Waals surface area (Å²) in [6, 6.07) is 26.3. The average Bonchev–Trinajstić information content (AvgIpc) is 2.81. The fourth-order valence-corrected chi connectivity index (χ4v) is 1.87. The smallest absolute Gasteiger partial charge is 0.115 e. The molecule has 0 radical (unpaired) electrons. The van der Waals surface area contributed by atoms with Crippen LogP contribution in [-0.4, -0.2) is 10.2 Å². The summed E-state index contributed by atoms with van der Waals surface area (Å²) in [6.07, 6.45) is 3.42. The minimum Gasteiger partial charge on any atom is -0.508 e. The normalized spacial score (nSPS) is 8.00. The van der Waals surface area contributed by atoms with Crippen molar-refractivity contribution in [3.63, 3.8) is 0 Å². The van der Waals surface area contributed by atoms with Crippen molar-refractivity contribution in [2.45, 2.75) is 74.7 Å². The predicted molar refractivity (Wildman–Crippen MR) is 140 cm³/mol. The van der Waals surface area contributed by atoms with Crippen LogP contribution in [0, 0.1) is 0 Å². The van der Waals surface area contributed by atoms with Gasteiger partial charge in [-0.25, -0.2) is 0 Å². The van der Waals surface area contributed by atoms with Gasteiger partial charge in [0.25, 0.3) is 0 Å². The highest BCUT2D eigenvalue weighted by Gasteiger charge is 1.95. The van der Waals surface area contributed by atoms with E-state index < -0.39 is 0 Å². The Hall–Kier alpha value is -2.74. The van der Waals surface area contributed by atoms with Crippen molar-refractivity contribution in [3.05, 3.63) is 96.1 Å². The van der Waals surface area contributed by atoms with E-state index in [1.165, 1.54) is 24.0 Å². The zero-order valence-corrected chi connectivity index (χ0v) is 21.1. The molecule has 2 heteroatoms. The second kappa shape index (κ2) is 27.3. The number of aromatic hydroxyl groups is 2. The number of hydrogen-bond donors (Lipinski definition) is 2. The quantitative estimate of drug-likeness (QED) is 0.428. The summed E-state index contributed by atoms with van der Waals surface area (Å²) in [5, 5.41) is 17.8. The predicted octanol–water partition coefficient (Wildman–Crippen LogP) is 9.26.